The van der Waals surface area contributed by atoms with Crippen LogP contribution in [0.1, 0.15) is 72.4 Å². The molecule has 4 bridgehead atoms. The quantitative estimate of drug-likeness (QED) is 0.0773. The fourth-order valence-electron chi connectivity index (χ4n) is 7.70. The molecule has 3 aliphatic heterocycles. The number of hydrogen-bond donors (Lipinski definition) is 2. The highest BCUT2D eigenvalue weighted by Gasteiger charge is 2.66. The summed E-state index contributed by atoms with van der Waals surface area (Å²) in [5, 5.41) is 27.0. The molecule has 63 heavy (non-hydrogen) atoms. The van der Waals surface area contributed by atoms with Crippen LogP contribution in [0.25, 0.3) is 0 Å². The lowest BCUT2D eigenvalue weighted by Gasteiger charge is -2.49. The SMILES string of the molecule is C=C1N[C@]2(O)C[C@](C)(O1)[C@@H](C)[C@@H]1O[C@]1(C)[C@@H](OC(=O)[C@H](C)N(C)C(=O)OCC(C)(C)SSc1ccc([N+](=O)[O-])cn1)CC(=O)N(C)c1cc(cc(C)c1Cl)C/C(C)=C/C=C/[C@H]2OC. The first kappa shape index (κ1) is 49.7. The molecule has 344 valence electrons. The number of aromatic nitrogens is 1. The molecule has 0 unspecified atom stereocenters. The van der Waals surface area contributed by atoms with Crippen LogP contribution in [0.4, 0.5) is 16.2 Å². The Hall–Kier alpha value is -4.33. The number of aliphatic hydroxyl groups is 1. The summed E-state index contributed by atoms with van der Waals surface area (Å²) >= 11 is 6.83. The van der Waals surface area contributed by atoms with Crippen LogP contribution in [0.3, 0.4) is 0 Å². The number of benzene rings is 1. The van der Waals surface area contributed by atoms with Crippen LogP contribution < -0.4 is 10.2 Å². The van der Waals surface area contributed by atoms with E-state index in [0.29, 0.717) is 22.2 Å². The maximum Gasteiger partial charge on any atom is 0.410 e. The molecule has 19 heteroatoms. The van der Waals surface area contributed by atoms with E-state index in [1.54, 1.807) is 20.0 Å². The first-order valence-corrected chi connectivity index (χ1v) is 22.9. The standard InChI is InChI=1S/C44H58ClN5O11S2/c1-25-14-13-15-33(57-12)44(54)23-42(8,60-29(5)47-44)27(3)38-43(9,61-38)34(21-36(51)49(11)32-20-30(18-25)19-26(2)37(32)45)59-39(52)28(4)48(10)40(53)58-24-41(6,7)63-62-35-17-16-31(22-46-35)50(55)56/h13-17,19-20,22,27-28,33-34,38,47,54H,5,18,21,23-24H2,1-4,6-12H3/b15-13+,25-14+/t27-,28-,33+,34-,38-,42-,43+,44-/m0/s1. The van der Waals surface area contributed by atoms with E-state index in [1.807, 2.05) is 65.8 Å². The summed E-state index contributed by atoms with van der Waals surface area (Å²) < 4.78 is 29.7. The normalized spacial score (nSPS) is 29.5. The van der Waals surface area contributed by atoms with Crippen molar-refractivity contribution in [2.45, 2.75) is 126 Å². The van der Waals surface area contributed by atoms with E-state index in [0.717, 1.165) is 21.6 Å². The van der Waals surface area contributed by atoms with Crippen LogP contribution >= 0.6 is 33.2 Å². The zero-order valence-electron chi connectivity index (χ0n) is 37.6. The molecule has 0 aliphatic carbocycles. The Morgan fingerprint density at radius 3 is 2.60 bits per heavy atom. The second-order valence-corrected chi connectivity index (χ2v) is 20.7. The van der Waals surface area contributed by atoms with Crippen LogP contribution in [-0.2, 0) is 39.7 Å². The number of nitro groups is 1. The third-order valence-corrected chi connectivity index (χ3v) is 15.5. The van der Waals surface area contributed by atoms with E-state index in [4.69, 9.17) is 35.3 Å². The third kappa shape index (κ3) is 11.5. The number of nitrogens with one attached hydrogen (secondary N) is 1. The molecule has 0 spiro atoms. The summed E-state index contributed by atoms with van der Waals surface area (Å²) in [5.74, 6) is -1.54. The number of fused-ring (bicyclic) bond motifs is 5. The van der Waals surface area contributed by atoms with Gasteiger partial charge in [-0.1, -0.05) is 59.2 Å². The lowest BCUT2D eigenvalue weighted by Crippen LogP contribution is -2.64. The minimum absolute atomic E-state index is 0.0449. The number of carbonyl (C=O) groups is 3. The van der Waals surface area contributed by atoms with Crippen molar-refractivity contribution < 1.29 is 48.1 Å². The number of halogens is 1. The number of ether oxygens (including phenoxy) is 5. The van der Waals surface area contributed by atoms with Gasteiger partial charge in [0.2, 0.25) is 5.91 Å². The predicted molar refractivity (Wildman–Crippen MR) is 242 cm³/mol. The number of carbonyl (C=O) groups excluding carboxylic acids is 3. The number of hydrogen-bond acceptors (Lipinski definition) is 15. The van der Waals surface area contributed by atoms with Crippen molar-refractivity contribution in [2.75, 3.05) is 32.7 Å². The van der Waals surface area contributed by atoms with Gasteiger partial charge in [0, 0.05) is 39.6 Å². The third-order valence-electron chi connectivity index (χ3n) is 11.8. The second kappa shape index (κ2) is 19.4. The molecule has 0 saturated carbocycles. The fraction of sp³-hybridized carbons (Fsp3) is 0.545. The Morgan fingerprint density at radius 1 is 1.27 bits per heavy atom. The number of likely N-dealkylation sites (N-methyl/N-ethyl adjacent to an activating group) is 1. The molecule has 0 radical (unpaired) electrons. The molecule has 1 aromatic heterocycles. The van der Waals surface area contributed by atoms with Crippen molar-refractivity contribution >= 4 is 62.5 Å². The van der Waals surface area contributed by atoms with Gasteiger partial charge in [-0.25, -0.2) is 14.6 Å². The summed E-state index contributed by atoms with van der Waals surface area (Å²) in [6, 6.07) is 5.57. The second-order valence-electron chi connectivity index (χ2n) is 17.5. The number of amides is 2. The zero-order valence-corrected chi connectivity index (χ0v) is 39.9. The van der Waals surface area contributed by atoms with Gasteiger partial charge in [0.25, 0.3) is 5.69 Å². The lowest BCUT2D eigenvalue weighted by atomic mass is 9.75. The monoisotopic (exact) mass is 931 g/mol. The van der Waals surface area contributed by atoms with Crippen molar-refractivity contribution in [3.63, 3.8) is 0 Å². The average Bonchev–Trinajstić information content (AvgIpc) is 3.91. The first-order chi connectivity index (χ1) is 29.3. The van der Waals surface area contributed by atoms with Gasteiger partial charge in [-0.2, -0.15) is 0 Å². The zero-order chi connectivity index (χ0) is 46.8. The molecule has 2 N–H and O–H groups in total. The van der Waals surface area contributed by atoms with E-state index in [-0.39, 0.29) is 31.0 Å². The number of aryl methyl sites for hydroxylation is 1. The highest BCUT2D eigenvalue weighted by molar-refractivity contribution is 8.77. The van der Waals surface area contributed by atoms with Gasteiger partial charge < -0.3 is 39.0 Å². The van der Waals surface area contributed by atoms with E-state index >= 15 is 0 Å². The average molecular weight is 933 g/mol. The lowest BCUT2D eigenvalue weighted by molar-refractivity contribution is -0.385. The van der Waals surface area contributed by atoms with Gasteiger partial charge in [-0.05, 0) is 95.5 Å². The molecule has 16 nitrogen and oxygen atoms in total. The number of pyridine rings is 1. The van der Waals surface area contributed by atoms with Crippen LogP contribution in [0, 0.1) is 23.0 Å². The minimum Gasteiger partial charge on any atom is -0.473 e. The number of rotatable bonds is 10. The number of epoxide rings is 1. The first-order valence-electron chi connectivity index (χ1n) is 20.4. The van der Waals surface area contributed by atoms with Gasteiger partial charge in [0.1, 0.15) is 47.3 Å². The topological polar surface area (TPSA) is 195 Å². The molecule has 2 saturated heterocycles. The summed E-state index contributed by atoms with van der Waals surface area (Å²) in [5.41, 5.74) is -0.910. The Balaban J connectivity index is 1.39. The molecule has 3 aliphatic rings. The van der Waals surface area contributed by atoms with E-state index in [2.05, 4.69) is 16.9 Å². The molecule has 8 atom stereocenters. The fourth-order valence-corrected chi connectivity index (χ4v) is 9.95. The Kier molecular flexibility index (Phi) is 15.3. The van der Waals surface area contributed by atoms with Crippen molar-refractivity contribution in [1.29, 1.82) is 0 Å². The molecule has 2 aromatic rings. The van der Waals surface area contributed by atoms with Gasteiger partial charge in [-0.3, -0.25) is 19.8 Å². The number of methoxy groups -OCH3 is 1. The van der Waals surface area contributed by atoms with E-state index in [1.165, 1.54) is 65.9 Å². The molecule has 5 rings (SSSR count). The maximum absolute atomic E-state index is 14.3. The summed E-state index contributed by atoms with van der Waals surface area (Å²) in [6.45, 7) is 18.5. The molecule has 2 fully saturated rings. The largest absolute Gasteiger partial charge is 0.473 e. The molecular formula is C44H58ClN5O11S2. The molecular weight excluding hydrogens is 874 g/mol. The maximum atomic E-state index is 14.3. The molecule has 1 aromatic carbocycles. The van der Waals surface area contributed by atoms with Crippen LogP contribution in [0.5, 0.6) is 0 Å². The minimum atomic E-state index is -1.64. The van der Waals surface area contributed by atoms with Crippen LogP contribution in [0.2, 0.25) is 5.02 Å². The summed E-state index contributed by atoms with van der Waals surface area (Å²) in [7, 11) is 7.17. The summed E-state index contributed by atoms with van der Waals surface area (Å²) in [4.78, 5) is 58.9. The van der Waals surface area contributed by atoms with Crippen LogP contribution in [-0.4, -0.2) is 112 Å². The smallest absolute Gasteiger partial charge is 0.410 e. The van der Waals surface area contributed by atoms with E-state index < -0.39 is 74.8 Å². The Bertz CT molecular complexity index is 2160. The highest BCUT2D eigenvalue weighted by atomic mass is 35.5. The molecule has 2 amide bonds. The van der Waals surface area contributed by atoms with E-state index in [9.17, 15) is 29.6 Å². The van der Waals surface area contributed by atoms with Gasteiger partial charge in [0.15, 0.2) is 11.6 Å². The number of esters is 1. The predicted octanol–water partition coefficient (Wildman–Crippen LogP) is 7.69. The Morgan fingerprint density at radius 2 is 1.97 bits per heavy atom. The highest BCUT2D eigenvalue weighted by Crippen LogP contribution is 2.52. The number of nitrogens with zero attached hydrogens (tertiary/aromatic N) is 4. The van der Waals surface area contributed by atoms with Crippen molar-refractivity contribution in [3.05, 3.63) is 93.0 Å². The number of allylic oxidation sites excluding steroid dienone is 3. The summed E-state index contributed by atoms with van der Waals surface area (Å²) in [6.07, 6.45) is 3.58. The molecule has 4 heterocycles. The Labute approximate surface area is 381 Å². The van der Waals surface area contributed by atoms with Gasteiger partial charge >= 0.3 is 12.1 Å². The van der Waals surface area contributed by atoms with Crippen molar-refractivity contribution in [2.24, 2.45) is 5.92 Å². The van der Waals surface area contributed by atoms with Gasteiger partial charge in [-0.15, -0.1) is 0 Å². The number of anilines is 1. The van der Waals surface area contributed by atoms with Crippen LogP contribution in [0.15, 0.2) is 71.8 Å². The van der Waals surface area contributed by atoms with Crippen molar-refractivity contribution in [3.8, 4) is 0 Å². The van der Waals surface area contributed by atoms with Crippen molar-refractivity contribution in [1.82, 2.24) is 15.2 Å². The van der Waals surface area contributed by atoms with Gasteiger partial charge in [0.05, 0.1) is 32.9 Å².